The molecule has 118 valence electrons. The summed E-state index contributed by atoms with van der Waals surface area (Å²) in [4.78, 5) is 10.1. The first-order valence-corrected chi connectivity index (χ1v) is 8.49. The number of aliphatic imine (C=N–C) groups is 1. The summed E-state index contributed by atoms with van der Waals surface area (Å²) < 4.78 is 5.61. The Kier molecular flexibility index (Phi) is 6.45. The van der Waals surface area contributed by atoms with Gasteiger partial charge in [-0.25, -0.2) is 4.98 Å². The fourth-order valence-electron chi connectivity index (χ4n) is 2.38. The summed E-state index contributed by atoms with van der Waals surface area (Å²) in [7, 11) is 1.80. The predicted molar refractivity (Wildman–Crippen MR) is 88.2 cm³/mol. The number of hydrogen-bond acceptors (Lipinski definition) is 4. The van der Waals surface area contributed by atoms with E-state index in [-0.39, 0.29) is 0 Å². The van der Waals surface area contributed by atoms with Crippen LogP contribution in [0.5, 0.6) is 0 Å². The lowest BCUT2D eigenvalue weighted by Gasteiger charge is -2.13. The van der Waals surface area contributed by atoms with Crippen molar-refractivity contribution in [2.24, 2.45) is 4.99 Å². The Bertz CT molecular complexity index is 447. The first kappa shape index (κ1) is 16.2. The molecule has 0 aromatic carbocycles. The van der Waals surface area contributed by atoms with Gasteiger partial charge < -0.3 is 15.4 Å². The second-order valence-corrected chi connectivity index (χ2v) is 6.64. The Hall–Kier alpha value is -1.14. The molecule has 21 heavy (non-hydrogen) atoms. The van der Waals surface area contributed by atoms with E-state index in [0.717, 1.165) is 44.2 Å². The van der Waals surface area contributed by atoms with Crippen LogP contribution < -0.4 is 10.6 Å². The van der Waals surface area contributed by atoms with Crippen molar-refractivity contribution in [1.82, 2.24) is 15.6 Å². The number of nitrogens with zero attached hydrogens (tertiary/aromatic N) is 2. The van der Waals surface area contributed by atoms with Crippen molar-refractivity contribution in [1.29, 1.82) is 0 Å². The normalized spacial score (nSPS) is 19.0. The Morgan fingerprint density at radius 1 is 1.38 bits per heavy atom. The van der Waals surface area contributed by atoms with Crippen molar-refractivity contribution in [2.75, 3.05) is 26.7 Å². The fraction of sp³-hybridized carbons (Fsp3) is 0.733. The number of thiazole rings is 1. The van der Waals surface area contributed by atoms with Gasteiger partial charge in [0, 0.05) is 38.0 Å². The van der Waals surface area contributed by atoms with Gasteiger partial charge in [-0.15, -0.1) is 11.3 Å². The number of aryl methyl sites for hydroxylation is 2. The minimum Gasteiger partial charge on any atom is -0.378 e. The molecule has 1 aromatic rings. The van der Waals surface area contributed by atoms with Crippen LogP contribution in [-0.2, 0) is 11.2 Å². The molecular weight excluding hydrogens is 284 g/mol. The summed E-state index contributed by atoms with van der Waals surface area (Å²) in [5.41, 5.74) is 1.15. The third-order valence-electron chi connectivity index (χ3n) is 3.71. The monoisotopic (exact) mass is 310 g/mol. The summed E-state index contributed by atoms with van der Waals surface area (Å²) in [5.74, 6) is 0.859. The molecule has 0 aliphatic carbocycles. The molecule has 0 bridgehead atoms. The van der Waals surface area contributed by atoms with Crippen molar-refractivity contribution in [3.8, 4) is 0 Å². The molecule has 1 aliphatic heterocycles. The summed E-state index contributed by atoms with van der Waals surface area (Å²) in [6.07, 6.45) is 4.80. The Balaban J connectivity index is 1.63. The number of nitrogens with one attached hydrogen (secondary N) is 2. The zero-order valence-corrected chi connectivity index (χ0v) is 14.1. The van der Waals surface area contributed by atoms with E-state index in [4.69, 9.17) is 4.74 Å². The third kappa shape index (κ3) is 5.28. The van der Waals surface area contributed by atoms with Gasteiger partial charge in [-0.2, -0.15) is 0 Å². The molecule has 1 atom stereocenters. The van der Waals surface area contributed by atoms with Crippen LogP contribution in [-0.4, -0.2) is 43.8 Å². The third-order valence-corrected chi connectivity index (χ3v) is 4.84. The molecule has 0 spiro atoms. The maximum Gasteiger partial charge on any atom is 0.190 e. The minimum absolute atomic E-state index is 0.428. The van der Waals surface area contributed by atoms with Crippen LogP contribution in [0, 0.1) is 13.8 Å². The van der Waals surface area contributed by atoms with Crippen LogP contribution >= 0.6 is 11.3 Å². The van der Waals surface area contributed by atoms with E-state index in [0.29, 0.717) is 6.10 Å². The van der Waals surface area contributed by atoms with Gasteiger partial charge in [-0.05, 0) is 33.1 Å². The maximum atomic E-state index is 5.61. The average Bonchev–Trinajstić information content (AvgIpc) is 3.08. The molecule has 0 amide bonds. The lowest BCUT2D eigenvalue weighted by atomic mass is 10.2. The highest BCUT2D eigenvalue weighted by Gasteiger charge is 2.14. The van der Waals surface area contributed by atoms with Crippen molar-refractivity contribution in [3.63, 3.8) is 0 Å². The van der Waals surface area contributed by atoms with E-state index in [1.54, 1.807) is 18.4 Å². The number of guanidine groups is 1. The molecule has 6 heteroatoms. The minimum atomic E-state index is 0.428. The predicted octanol–water partition coefficient (Wildman–Crippen LogP) is 2.04. The highest BCUT2D eigenvalue weighted by atomic mass is 32.1. The molecule has 0 saturated carbocycles. The van der Waals surface area contributed by atoms with Gasteiger partial charge in [-0.3, -0.25) is 4.99 Å². The molecular formula is C15H26N4OS. The molecule has 1 fully saturated rings. The Morgan fingerprint density at radius 2 is 2.19 bits per heavy atom. The molecule has 2 rings (SSSR count). The largest absolute Gasteiger partial charge is 0.378 e. The van der Waals surface area contributed by atoms with E-state index in [1.165, 1.54) is 22.7 Å². The van der Waals surface area contributed by atoms with Gasteiger partial charge in [0.2, 0.25) is 0 Å². The molecule has 2 heterocycles. The second-order valence-electron chi connectivity index (χ2n) is 5.35. The van der Waals surface area contributed by atoms with Crippen molar-refractivity contribution in [3.05, 3.63) is 15.6 Å². The van der Waals surface area contributed by atoms with E-state index in [9.17, 15) is 0 Å². The Labute approximate surface area is 131 Å². The average molecular weight is 310 g/mol. The maximum absolute atomic E-state index is 5.61. The summed E-state index contributed by atoms with van der Waals surface area (Å²) in [6.45, 7) is 6.86. The van der Waals surface area contributed by atoms with Gasteiger partial charge in [0.25, 0.3) is 0 Å². The SMILES string of the molecule is CN=C(NCCc1nc(C)c(C)s1)NCCC1CCCO1. The first-order chi connectivity index (χ1) is 10.2. The number of hydrogen-bond donors (Lipinski definition) is 2. The zero-order valence-electron chi connectivity index (χ0n) is 13.2. The van der Waals surface area contributed by atoms with Crippen LogP contribution in [0.4, 0.5) is 0 Å². The fourth-order valence-corrected chi connectivity index (χ4v) is 3.31. The highest BCUT2D eigenvalue weighted by Crippen LogP contribution is 2.16. The topological polar surface area (TPSA) is 58.5 Å². The van der Waals surface area contributed by atoms with Gasteiger partial charge >= 0.3 is 0 Å². The second kappa shape index (κ2) is 8.34. The number of rotatable bonds is 6. The summed E-state index contributed by atoms with van der Waals surface area (Å²) in [5, 5.41) is 7.87. The van der Waals surface area contributed by atoms with Crippen molar-refractivity contribution in [2.45, 2.75) is 45.6 Å². The van der Waals surface area contributed by atoms with E-state index >= 15 is 0 Å². The molecule has 1 aliphatic rings. The molecule has 2 N–H and O–H groups in total. The van der Waals surface area contributed by atoms with E-state index in [2.05, 4.69) is 34.5 Å². The number of aromatic nitrogens is 1. The molecule has 5 nitrogen and oxygen atoms in total. The van der Waals surface area contributed by atoms with Gasteiger partial charge in [-0.1, -0.05) is 0 Å². The van der Waals surface area contributed by atoms with Gasteiger partial charge in [0.05, 0.1) is 16.8 Å². The highest BCUT2D eigenvalue weighted by molar-refractivity contribution is 7.11. The molecule has 1 unspecified atom stereocenters. The van der Waals surface area contributed by atoms with E-state index < -0.39 is 0 Å². The summed E-state index contributed by atoms with van der Waals surface area (Å²) in [6, 6.07) is 0. The number of ether oxygens (including phenoxy) is 1. The van der Waals surface area contributed by atoms with Gasteiger partial charge in [0.15, 0.2) is 5.96 Å². The molecule has 0 radical (unpaired) electrons. The first-order valence-electron chi connectivity index (χ1n) is 7.68. The van der Waals surface area contributed by atoms with Crippen LogP contribution in [0.25, 0.3) is 0 Å². The molecule has 1 saturated heterocycles. The quantitative estimate of drug-likeness (QED) is 0.623. The van der Waals surface area contributed by atoms with Gasteiger partial charge in [0.1, 0.15) is 0 Å². The van der Waals surface area contributed by atoms with Crippen molar-refractivity contribution < 1.29 is 4.74 Å². The van der Waals surface area contributed by atoms with Crippen LogP contribution in [0.15, 0.2) is 4.99 Å². The van der Waals surface area contributed by atoms with Crippen molar-refractivity contribution >= 4 is 17.3 Å². The Morgan fingerprint density at radius 3 is 2.81 bits per heavy atom. The van der Waals surface area contributed by atoms with E-state index in [1.807, 2.05) is 0 Å². The molecule has 1 aromatic heterocycles. The lowest BCUT2D eigenvalue weighted by Crippen LogP contribution is -2.39. The van der Waals surface area contributed by atoms with Crippen LogP contribution in [0.3, 0.4) is 0 Å². The zero-order chi connectivity index (χ0) is 15.1. The van der Waals surface area contributed by atoms with Crippen LogP contribution in [0.1, 0.15) is 34.8 Å². The standard InChI is InChI=1S/C15H26N4OS/c1-11-12(2)21-14(19-11)7-9-18-15(16-3)17-8-6-13-5-4-10-20-13/h13H,4-10H2,1-3H3,(H2,16,17,18). The van der Waals surface area contributed by atoms with Crippen LogP contribution in [0.2, 0.25) is 0 Å². The smallest absolute Gasteiger partial charge is 0.190 e. The lowest BCUT2D eigenvalue weighted by molar-refractivity contribution is 0.105. The summed E-state index contributed by atoms with van der Waals surface area (Å²) >= 11 is 1.78.